The van der Waals surface area contributed by atoms with Crippen molar-refractivity contribution in [3.05, 3.63) is 21.4 Å². The van der Waals surface area contributed by atoms with Gasteiger partial charge >= 0.3 is 0 Å². The van der Waals surface area contributed by atoms with Crippen molar-refractivity contribution in [2.45, 2.75) is 39.2 Å². The highest BCUT2D eigenvalue weighted by Crippen LogP contribution is 2.33. The molecule has 104 valence electrons. The normalized spacial score (nSPS) is 27.2. The molecule has 1 fully saturated rings. The van der Waals surface area contributed by atoms with Gasteiger partial charge in [0.1, 0.15) is 0 Å². The van der Waals surface area contributed by atoms with Gasteiger partial charge in [-0.3, -0.25) is 4.79 Å². The number of piperazine rings is 1. The predicted octanol–water partition coefficient (Wildman–Crippen LogP) is 2.31. The maximum Gasteiger partial charge on any atom is 0.264 e. The number of amides is 1. The maximum atomic E-state index is 12.6. The van der Waals surface area contributed by atoms with Gasteiger partial charge < -0.3 is 10.2 Å². The van der Waals surface area contributed by atoms with Gasteiger partial charge in [0.2, 0.25) is 0 Å². The quantitative estimate of drug-likeness (QED) is 0.855. The van der Waals surface area contributed by atoms with Gasteiger partial charge in [-0.15, -0.1) is 11.3 Å². The second-order valence-corrected chi connectivity index (χ2v) is 7.10. The van der Waals surface area contributed by atoms with Gasteiger partial charge in [-0.1, -0.05) is 6.92 Å². The lowest BCUT2D eigenvalue weighted by molar-refractivity contribution is 0.0660. The molecule has 3 rings (SSSR count). The first-order chi connectivity index (χ1) is 9.15. The molecule has 2 aliphatic rings. The SMILES string of the molecule is CC1CCc2sc(C(=O)N3CCNCC3C)cc2C1. The number of nitrogens with one attached hydrogen (secondary N) is 1. The Morgan fingerprint density at radius 3 is 3.11 bits per heavy atom. The third kappa shape index (κ3) is 2.56. The zero-order valence-electron chi connectivity index (χ0n) is 11.7. The van der Waals surface area contributed by atoms with Crippen LogP contribution in [0, 0.1) is 5.92 Å². The number of hydrogen-bond donors (Lipinski definition) is 1. The van der Waals surface area contributed by atoms with Crippen LogP contribution in [0.5, 0.6) is 0 Å². The zero-order chi connectivity index (χ0) is 13.4. The number of fused-ring (bicyclic) bond motifs is 1. The minimum absolute atomic E-state index is 0.237. The Morgan fingerprint density at radius 2 is 2.32 bits per heavy atom. The highest BCUT2D eigenvalue weighted by Gasteiger charge is 2.27. The molecule has 0 radical (unpaired) electrons. The van der Waals surface area contributed by atoms with E-state index in [2.05, 4.69) is 25.2 Å². The van der Waals surface area contributed by atoms with Crippen molar-refractivity contribution in [1.82, 2.24) is 10.2 Å². The van der Waals surface area contributed by atoms with E-state index in [0.717, 1.165) is 43.3 Å². The average molecular weight is 278 g/mol. The Kier molecular flexibility index (Phi) is 3.63. The molecule has 0 saturated carbocycles. The minimum Gasteiger partial charge on any atom is -0.333 e. The fourth-order valence-corrected chi connectivity index (χ4v) is 4.26. The number of rotatable bonds is 1. The summed E-state index contributed by atoms with van der Waals surface area (Å²) in [6.45, 7) is 7.09. The van der Waals surface area contributed by atoms with Crippen molar-refractivity contribution in [3.63, 3.8) is 0 Å². The van der Waals surface area contributed by atoms with Gasteiger partial charge in [0.25, 0.3) is 5.91 Å². The van der Waals surface area contributed by atoms with Crippen molar-refractivity contribution in [1.29, 1.82) is 0 Å². The summed E-state index contributed by atoms with van der Waals surface area (Å²) in [5, 5.41) is 3.34. The molecule has 2 unspecified atom stereocenters. The largest absolute Gasteiger partial charge is 0.333 e. The maximum absolute atomic E-state index is 12.6. The summed E-state index contributed by atoms with van der Waals surface area (Å²) in [6, 6.07) is 2.46. The lowest BCUT2D eigenvalue weighted by atomic mass is 9.90. The fourth-order valence-electron chi connectivity index (χ4n) is 3.10. The van der Waals surface area contributed by atoms with E-state index in [1.165, 1.54) is 16.9 Å². The van der Waals surface area contributed by atoms with E-state index in [1.54, 1.807) is 11.3 Å². The topological polar surface area (TPSA) is 32.3 Å². The number of nitrogens with zero attached hydrogens (tertiary/aromatic N) is 1. The third-order valence-corrected chi connectivity index (χ3v) is 5.53. The first-order valence-corrected chi connectivity index (χ1v) is 8.10. The smallest absolute Gasteiger partial charge is 0.264 e. The Bertz CT molecular complexity index is 482. The van der Waals surface area contributed by atoms with Gasteiger partial charge in [0.05, 0.1) is 4.88 Å². The summed E-state index contributed by atoms with van der Waals surface area (Å²) in [5.74, 6) is 1.00. The van der Waals surface area contributed by atoms with E-state index in [9.17, 15) is 4.79 Å². The molecule has 1 aromatic heterocycles. The number of hydrogen-bond acceptors (Lipinski definition) is 3. The molecule has 0 bridgehead atoms. The lowest BCUT2D eigenvalue weighted by Crippen LogP contribution is -2.52. The van der Waals surface area contributed by atoms with E-state index in [-0.39, 0.29) is 5.91 Å². The predicted molar refractivity (Wildman–Crippen MR) is 78.9 cm³/mol. The Hall–Kier alpha value is -0.870. The lowest BCUT2D eigenvalue weighted by Gasteiger charge is -2.33. The van der Waals surface area contributed by atoms with Crippen LogP contribution in [0.3, 0.4) is 0 Å². The van der Waals surface area contributed by atoms with Crippen LogP contribution in [0.4, 0.5) is 0 Å². The average Bonchev–Trinajstić information content (AvgIpc) is 2.81. The molecule has 1 N–H and O–H groups in total. The van der Waals surface area contributed by atoms with E-state index in [1.807, 2.05) is 4.90 Å². The molecule has 2 atom stereocenters. The highest BCUT2D eigenvalue weighted by atomic mass is 32.1. The standard InChI is InChI=1S/C15H22N2OS/c1-10-3-4-13-12(7-10)8-14(19-13)15(18)17-6-5-16-9-11(17)2/h8,10-11,16H,3-7,9H2,1-2H3. The molecule has 19 heavy (non-hydrogen) atoms. The van der Waals surface area contributed by atoms with Crippen LogP contribution in [-0.2, 0) is 12.8 Å². The highest BCUT2D eigenvalue weighted by molar-refractivity contribution is 7.14. The molecule has 1 aliphatic heterocycles. The van der Waals surface area contributed by atoms with Gasteiger partial charge in [-0.25, -0.2) is 0 Å². The molecule has 0 aromatic carbocycles. The fraction of sp³-hybridized carbons (Fsp3) is 0.667. The summed E-state index contributed by atoms with van der Waals surface area (Å²) in [5.41, 5.74) is 1.43. The van der Waals surface area contributed by atoms with Gasteiger partial charge in [-0.05, 0) is 43.7 Å². The number of carbonyl (C=O) groups is 1. The van der Waals surface area contributed by atoms with Crippen molar-refractivity contribution >= 4 is 17.2 Å². The van der Waals surface area contributed by atoms with Crippen LogP contribution in [0.2, 0.25) is 0 Å². The van der Waals surface area contributed by atoms with E-state index >= 15 is 0 Å². The Balaban J connectivity index is 1.80. The summed E-state index contributed by atoms with van der Waals surface area (Å²) in [6.07, 6.45) is 3.58. The molecule has 1 saturated heterocycles. The van der Waals surface area contributed by atoms with Crippen molar-refractivity contribution in [3.8, 4) is 0 Å². The Labute approximate surface area is 119 Å². The molecular weight excluding hydrogens is 256 g/mol. The summed E-state index contributed by atoms with van der Waals surface area (Å²) in [7, 11) is 0. The summed E-state index contributed by atoms with van der Waals surface area (Å²) in [4.78, 5) is 17.0. The van der Waals surface area contributed by atoms with Crippen LogP contribution in [-0.4, -0.2) is 36.5 Å². The number of carbonyl (C=O) groups excluding carboxylic acids is 1. The molecule has 1 amide bonds. The second kappa shape index (κ2) is 5.25. The first kappa shape index (κ1) is 13.1. The third-order valence-electron chi connectivity index (χ3n) is 4.30. The van der Waals surface area contributed by atoms with Crippen LogP contribution >= 0.6 is 11.3 Å². The first-order valence-electron chi connectivity index (χ1n) is 7.28. The minimum atomic E-state index is 0.237. The monoisotopic (exact) mass is 278 g/mol. The zero-order valence-corrected chi connectivity index (χ0v) is 12.6. The molecule has 1 aliphatic carbocycles. The number of thiophene rings is 1. The molecular formula is C15H22N2OS. The van der Waals surface area contributed by atoms with Gasteiger partial charge in [0, 0.05) is 30.6 Å². The van der Waals surface area contributed by atoms with E-state index in [4.69, 9.17) is 0 Å². The Morgan fingerprint density at radius 1 is 1.47 bits per heavy atom. The van der Waals surface area contributed by atoms with Crippen molar-refractivity contribution in [2.24, 2.45) is 5.92 Å². The van der Waals surface area contributed by atoms with Crippen LogP contribution in [0.1, 0.15) is 40.4 Å². The van der Waals surface area contributed by atoms with Crippen molar-refractivity contribution < 1.29 is 4.79 Å². The van der Waals surface area contributed by atoms with Gasteiger partial charge in [-0.2, -0.15) is 0 Å². The summed E-state index contributed by atoms with van der Waals surface area (Å²) < 4.78 is 0. The van der Waals surface area contributed by atoms with Crippen molar-refractivity contribution in [2.75, 3.05) is 19.6 Å². The van der Waals surface area contributed by atoms with Crippen LogP contribution < -0.4 is 5.32 Å². The van der Waals surface area contributed by atoms with Crippen LogP contribution in [0.25, 0.3) is 0 Å². The molecule has 2 heterocycles. The van der Waals surface area contributed by atoms with E-state index in [0.29, 0.717) is 6.04 Å². The second-order valence-electron chi connectivity index (χ2n) is 5.96. The molecule has 4 heteroatoms. The summed E-state index contributed by atoms with van der Waals surface area (Å²) >= 11 is 1.73. The van der Waals surface area contributed by atoms with Crippen LogP contribution in [0.15, 0.2) is 6.07 Å². The van der Waals surface area contributed by atoms with Gasteiger partial charge in [0.15, 0.2) is 0 Å². The van der Waals surface area contributed by atoms with E-state index < -0.39 is 0 Å². The molecule has 1 aromatic rings. The molecule has 0 spiro atoms. The molecule has 3 nitrogen and oxygen atoms in total. The number of aryl methyl sites for hydroxylation is 1.